The van der Waals surface area contributed by atoms with Crippen LogP contribution in [-0.4, -0.2) is 24.8 Å². The first kappa shape index (κ1) is 14.7. The molecule has 1 N–H and O–H groups in total. The number of nitrogens with one attached hydrogen (secondary N) is 1. The SMILES string of the molecule is COCOc1ccc(/C=C/C(=O)Nc2ccncc2)cc1. The summed E-state index contributed by atoms with van der Waals surface area (Å²) >= 11 is 0. The first-order valence-electron chi connectivity index (χ1n) is 6.39. The quantitative estimate of drug-likeness (QED) is 0.654. The molecule has 2 rings (SSSR count). The van der Waals surface area contributed by atoms with Gasteiger partial charge in [0.15, 0.2) is 6.79 Å². The van der Waals surface area contributed by atoms with Crippen LogP contribution in [0.1, 0.15) is 5.56 Å². The van der Waals surface area contributed by atoms with Crippen LogP contribution in [0.15, 0.2) is 54.9 Å². The van der Waals surface area contributed by atoms with E-state index < -0.39 is 0 Å². The van der Waals surface area contributed by atoms with Crippen molar-refractivity contribution >= 4 is 17.7 Å². The second-order valence-electron chi connectivity index (χ2n) is 4.18. The van der Waals surface area contributed by atoms with Crippen molar-refractivity contribution in [3.63, 3.8) is 0 Å². The fourth-order valence-electron chi connectivity index (χ4n) is 1.59. The average Bonchev–Trinajstić information content (AvgIpc) is 2.53. The Balaban J connectivity index is 1.89. The molecule has 21 heavy (non-hydrogen) atoms. The van der Waals surface area contributed by atoms with Crippen molar-refractivity contribution in [1.82, 2.24) is 4.98 Å². The molecule has 0 aliphatic heterocycles. The number of nitrogens with zero attached hydrogens (tertiary/aromatic N) is 1. The van der Waals surface area contributed by atoms with Gasteiger partial charge in [-0.2, -0.15) is 0 Å². The fourth-order valence-corrected chi connectivity index (χ4v) is 1.59. The Hall–Kier alpha value is -2.66. The van der Waals surface area contributed by atoms with Gasteiger partial charge in [0.1, 0.15) is 5.75 Å². The number of hydrogen-bond donors (Lipinski definition) is 1. The summed E-state index contributed by atoms with van der Waals surface area (Å²) in [5.74, 6) is 0.524. The van der Waals surface area contributed by atoms with Crippen LogP contribution in [0.4, 0.5) is 5.69 Å². The lowest BCUT2D eigenvalue weighted by Crippen LogP contribution is -2.07. The van der Waals surface area contributed by atoms with E-state index in [-0.39, 0.29) is 12.7 Å². The summed E-state index contributed by atoms with van der Waals surface area (Å²) in [6.07, 6.45) is 6.46. The molecule has 0 aliphatic rings. The summed E-state index contributed by atoms with van der Waals surface area (Å²) < 4.78 is 10.1. The topological polar surface area (TPSA) is 60.5 Å². The smallest absolute Gasteiger partial charge is 0.248 e. The van der Waals surface area contributed by atoms with Gasteiger partial charge in [0.2, 0.25) is 5.91 Å². The van der Waals surface area contributed by atoms with E-state index in [4.69, 9.17) is 9.47 Å². The summed E-state index contributed by atoms with van der Waals surface area (Å²) in [4.78, 5) is 15.6. The molecule has 0 aliphatic carbocycles. The maximum Gasteiger partial charge on any atom is 0.248 e. The lowest BCUT2D eigenvalue weighted by molar-refractivity contribution is -0.111. The maximum absolute atomic E-state index is 11.7. The number of hydrogen-bond acceptors (Lipinski definition) is 4. The molecule has 0 radical (unpaired) electrons. The highest BCUT2D eigenvalue weighted by Gasteiger charge is 1.97. The minimum absolute atomic E-state index is 0.194. The minimum Gasteiger partial charge on any atom is -0.468 e. The molecule has 108 valence electrons. The third-order valence-corrected chi connectivity index (χ3v) is 2.60. The number of pyridine rings is 1. The molecule has 5 nitrogen and oxygen atoms in total. The van der Waals surface area contributed by atoms with Gasteiger partial charge in [-0.05, 0) is 35.9 Å². The molecule has 0 fully saturated rings. The van der Waals surface area contributed by atoms with Gasteiger partial charge < -0.3 is 14.8 Å². The van der Waals surface area contributed by atoms with Gasteiger partial charge >= 0.3 is 0 Å². The van der Waals surface area contributed by atoms with E-state index in [1.54, 1.807) is 37.7 Å². The van der Waals surface area contributed by atoms with Crippen molar-refractivity contribution in [2.75, 3.05) is 19.2 Å². The van der Waals surface area contributed by atoms with Crippen LogP contribution in [-0.2, 0) is 9.53 Å². The average molecular weight is 284 g/mol. The molecule has 2 aromatic rings. The van der Waals surface area contributed by atoms with E-state index in [0.717, 1.165) is 11.3 Å². The van der Waals surface area contributed by atoms with Crippen LogP contribution in [0.3, 0.4) is 0 Å². The number of rotatable bonds is 6. The van der Waals surface area contributed by atoms with Gasteiger partial charge in [0.05, 0.1) is 0 Å². The zero-order chi connectivity index (χ0) is 14.9. The number of aromatic nitrogens is 1. The maximum atomic E-state index is 11.7. The van der Waals surface area contributed by atoms with Gasteiger partial charge in [-0.3, -0.25) is 9.78 Å². The zero-order valence-electron chi connectivity index (χ0n) is 11.7. The third kappa shape index (κ3) is 5.08. The van der Waals surface area contributed by atoms with Crippen molar-refractivity contribution in [1.29, 1.82) is 0 Å². The first-order valence-corrected chi connectivity index (χ1v) is 6.39. The zero-order valence-corrected chi connectivity index (χ0v) is 11.7. The summed E-state index contributed by atoms with van der Waals surface area (Å²) in [6, 6.07) is 10.8. The Bertz CT molecular complexity index is 595. The molecule has 0 bridgehead atoms. The van der Waals surface area contributed by atoms with E-state index in [1.807, 2.05) is 24.3 Å². The van der Waals surface area contributed by atoms with Crippen LogP contribution in [0.25, 0.3) is 6.08 Å². The molecule has 5 heteroatoms. The summed E-state index contributed by atoms with van der Waals surface area (Å²) in [5, 5.41) is 2.74. The Morgan fingerprint density at radius 1 is 1.19 bits per heavy atom. The molecular formula is C16H16N2O3. The lowest BCUT2D eigenvalue weighted by Gasteiger charge is -2.04. The number of benzene rings is 1. The fraction of sp³-hybridized carbons (Fsp3) is 0.125. The Morgan fingerprint density at radius 2 is 1.90 bits per heavy atom. The molecule has 1 heterocycles. The van der Waals surface area contributed by atoms with Crippen molar-refractivity contribution in [2.45, 2.75) is 0 Å². The molecule has 1 aromatic carbocycles. The molecule has 1 aromatic heterocycles. The predicted octanol–water partition coefficient (Wildman–Crippen LogP) is 2.72. The summed E-state index contributed by atoms with van der Waals surface area (Å²) in [6.45, 7) is 0.212. The van der Waals surface area contributed by atoms with Gasteiger partial charge in [-0.1, -0.05) is 12.1 Å². The van der Waals surface area contributed by atoms with E-state index in [0.29, 0.717) is 5.69 Å². The molecule has 0 saturated carbocycles. The summed E-state index contributed by atoms with van der Waals surface area (Å²) in [5.41, 5.74) is 1.62. The lowest BCUT2D eigenvalue weighted by atomic mass is 10.2. The Labute approximate surface area is 123 Å². The van der Waals surface area contributed by atoms with Crippen molar-refractivity contribution in [3.05, 3.63) is 60.4 Å². The van der Waals surface area contributed by atoms with Crippen molar-refractivity contribution < 1.29 is 14.3 Å². The van der Waals surface area contributed by atoms with Gasteiger partial charge in [-0.15, -0.1) is 0 Å². The van der Waals surface area contributed by atoms with E-state index in [1.165, 1.54) is 6.08 Å². The van der Waals surface area contributed by atoms with E-state index >= 15 is 0 Å². The second-order valence-corrected chi connectivity index (χ2v) is 4.18. The first-order chi connectivity index (χ1) is 10.3. The monoisotopic (exact) mass is 284 g/mol. The van der Waals surface area contributed by atoms with Crippen LogP contribution in [0.5, 0.6) is 5.75 Å². The molecule has 0 unspecified atom stereocenters. The molecular weight excluding hydrogens is 268 g/mol. The largest absolute Gasteiger partial charge is 0.468 e. The second kappa shape index (κ2) is 7.81. The van der Waals surface area contributed by atoms with Gasteiger partial charge in [0, 0.05) is 31.3 Å². The van der Waals surface area contributed by atoms with E-state index in [9.17, 15) is 4.79 Å². The highest BCUT2D eigenvalue weighted by Crippen LogP contribution is 2.13. The normalized spacial score (nSPS) is 10.5. The predicted molar refractivity (Wildman–Crippen MR) is 80.8 cm³/mol. The van der Waals surface area contributed by atoms with Crippen molar-refractivity contribution in [2.24, 2.45) is 0 Å². The third-order valence-electron chi connectivity index (χ3n) is 2.60. The number of carbonyl (C=O) groups excluding carboxylic acids is 1. The number of anilines is 1. The Kier molecular flexibility index (Phi) is 5.49. The number of ether oxygens (including phenoxy) is 2. The summed E-state index contributed by atoms with van der Waals surface area (Å²) in [7, 11) is 1.57. The van der Waals surface area contributed by atoms with E-state index in [2.05, 4.69) is 10.3 Å². The number of amides is 1. The number of methoxy groups -OCH3 is 1. The highest BCUT2D eigenvalue weighted by atomic mass is 16.7. The van der Waals surface area contributed by atoms with Crippen LogP contribution in [0, 0.1) is 0 Å². The highest BCUT2D eigenvalue weighted by molar-refractivity contribution is 6.01. The van der Waals surface area contributed by atoms with Crippen LogP contribution < -0.4 is 10.1 Å². The molecule has 0 saturated heterocycles. The van der Waals surface area contributed by atoms with Crippen LogP contribution in [0.2, 0.25) is 0 Å². The molecule has 0 atom stereocenters. The molecule has 1 amide bonds. The minimum atomic E-state index is -0.194. The standard InChI is InChI=1S/C16H16N2O3/c1-20-12-21-15-5-2-13(3-6-15)4-7-16(19)18-14-8-10-17-11-9-14/h2-11H,12H2,1H3,(H,17,18,19)/b7-4+. The Morgan fingerprint density at radius 3 is 2.57 bits per heavy atom. The van der Waals surface area contributed by atoms with Gasteiger partial charge in [0.25, 0.3) is 0 Å². The van der Waals surface area contributed by atoms with Crippen molar-refractivity contribution in [3.8, 4) is 5.75 Å². The molecule has 0 spiro atoms. The van der Waals surface area contributed by atoms with Gasteiger partial charge in [-0.25, -0.2) is 0 Å². The number of carbonyl (C=O) groups is 1. The van der Waals surface area contributed by atoms with Crippen LogP contribution >= 0.6 is 0 Å².